The van der Waals surface area contributed by atoms with E-state index in [0.29, 0.717) is 43.1 Å². The van der Waals surface area contributed by atoms with Gasteiger partial charge in [-0.15, -0.1) is 5.10 Å². The lowest BCUT2D eigenvalue weighted by Gasteiger charge is -2.37. The molecule has 0 N–H and O–H groups in total. The van der Waals surface area contributed by atoms with Gasteiger partial charge in [-0.05, 0) is 61.2 Å². The van der Waals surface area contributed by atoms with Crippen LogP contribution in [-0.4, -0.2) is 50.7 Å². The molecule has 1 aliphatic rings. The van der Waals surface area contributed by atoms with Gasteiger partial charge in [0.15, 0.2) is 11.5 Å². The van der Waals surface area contributed by atoms with Crippen molar-refractivity contribution in [3.63, 3.8) is 0 Å². The van der Waals surface area contributed by atoms with Crippen LogP contribution in [0.25, 0.3) is 11.2 Å². The van der Waals surface area contributed by atoms with Crippen LogP contribution in [0.4, 0.5) is 4.79 Å². The van der Waals surface area contributed by atoms with Gasteiger partial charge < -0.3 is 14.4 Å². The van der Waals surface area contributed by atoms with Gasteiger partial charge in [0.05, 0.1) is 19.3 Å². The summed E-state index contributed by atoms with van der Waals surface area (Å²) in [4.78, 5) is 19.8. The van der Waals surface area contributed by atoms with Crippen LogP contribution < -0.4 is 9.47 Å². The van der Waals surface area contributed by atoms with Crippen LogP contribution in [0.5, 0.6) is 11.5 Å². The van der Waals surface area contributed by atoms with E-state index in [1.165, 1.54) is 4.68 Å². The molecular weight excluding hydrogens is 418 g/mol. The molecule has 8 heteroatoms. The largest absolute Gasteiger partial charge is 0.490 e. The van der Waals surface area contributed by atoms with Crippen LogP contribution in [0.15, 0.2) is 60.8 Å². The van der Waals surface area contributed by atoms with E-state index in [1.807, 2.05) is 55.1 Å². The van der Waals surface area contributed by atoms with Gasteiger partial charge in [0.2, 0.25) is 5.65 Å². The number of pyridine rings is 1. The average Bonchev–Trinajstić information content (AvgIpc) is 3.28. The van der Waals surface area contributed by atoms with E-state index in [0.717, 1.165) is 22.4 Å². The third-order valence-corrected chi connectivity index (χ3v) is 5.80. The molecule has 168 valence electrons. The molecule has 2 aromatic carbocycles. The Balaban J connectivity index is 1.63. The van der Waals surface area contributed by atoms with Crippen molar-refractivity contribution in [1.82, 2.24) is 24.9 Å². The van der Waals surface area contributed by atoms with Gasteiger partial charge in [-0.2, -0.15) is 4.68 Å². The Morgan fingerprint density at radius 1 is 1.03 bits per heavy atom. The topological polar surface area (TPSA) is 82.4 Å². The molecule has 1 aliphatic heterocycles. The highest BCUT2D eigenvalue weighted by molar-refractivity contribution is 5.87. The van der Waals surface area contributed by atoms with E-state index in [-0.39, 0.29) is 12.1 Å². The molecule has 4 aromatic rings. The molecule has 1 atom stereocenters. The van der Waals surface area contributed by atoms with Crippen molar-refractivity contribution in [2.45, 2.75) is 26.3 Å². The molecule has 33 heavy (non-hydrogen) atoms. The molecule has 0 fully saturated rings. The zero-order valence-electron chi connectivity index (χ0n) is 18.6. The second-order valence-electron chi connectivity index (χ2n) is 7.75. The SMILES string of the molecule is CCOc1cc2c(cc1OCC)C(c1ccccc1)N(C(=O)n1nnc3ncccc31)CC2. The first-order chi connectivity index (χ1) is 16.2. The van der Waals surface area contributed by atoms with Gasteiger partial charge in [0, 0.05) is 12.7 Å². The number of carbonyl (C=O) groups excluding carboxylic acids is 1. The van der Waals surface area contributed by atoms with Gasteiger partial charge >= 0.3 is 6.03 Å². The van der Waals surface area contributed by atoms with Crippen molar-refractivity contribution in [1.29, 1.82) is 0 Å². The number of benzene rings is 2. The predicted octanol–water partition coefficient (Wildman–Crippen LogP) is 4.24. The normalized spacial score (nSPS) is 15.3. The van der Waals surface area contributed by atoms with Crippen LogP contribution >= 0.6 is 0 Å². The Morgan fingerprint density at radius 3 is 2.55 bits per heavy atom. The van der Waals surface area contributed by atoms with Crippen LogP contribution in [-0.2, 0) is 6.42 Å². The van der Waals surface area contributed by atoms with Crippen LogP contribution in [0, 0.1) is 0 Å². The molecule has 0 spiro atoms. The molecule has 0 aliphatic carbocycles. The minimum absolute atomic E-state index is 0.239. The molecule has 1 amide bonds. The first-order valence-corrected chi connectivity index (χ1v) is 11.2. The van der Waals surface area contributed by atoms with Gasteiger partial charge in [0.25, 0.3) is 0 Å². The van der Waals surface area contributed by atoms with Crippen molar-refractivity contribution in [3.8, 4) is 11.5 Å². The van der Waals surface area contributed by atoms with E-state index in [4.69, 9.17) is 9.47 Å². The number of carbonyl (C=O) groups is 1. The highest BCUT2D eigenvalue weighted by Gasteiger charge is 2.35. The molecule has 0 saturated carbocycles. The number of ether oxygens (including phenoxy) is 2. The summed E-state index contributed by atoms with van der Waals surface area (Å²) >= 11 is 0. The van der Waals surface area contributed by atoms with Crippen molar-refractivity contribution in [2.75, 3.05) is 19.8 Å². The summed E-state index contributed by atoms with van der Waals surface area (Å²) in [5, 5.41) is 8.17. The lowest BCUT2D eigenvalue weighted by atomic mass is 9.88. The Hall–Kier alpha value is -3.94. The fraction of sp³-hybridized carbons (Fsp3) is 0.280. The number of fused-ring (bicyclic) bond motifs is 2. The zero-order chi connectivity index (χ0) is 22.8. The second kappa shape index (κ2) is 8.90. The number of hydrogen-bond donors (Lipinski definition) is 0. The maximum absolute atomic E-state index is 13.8. The summed E-state index contributed by atoms with van der Waals surface area (Å²) < 4.78 is 13.1. The smallest absolute Gasteiger partial charge is 0.347 e. The summed E-state index contributed by atoms with van der Waals surface area (Å²) in [5.41, 5.74) is 4.21. The molecular formula is C25H25N5O3. The lowest BCUT2D eigenvalue weighted by Crippen LogP contribution is -2.43. The number of amides is 1. The van der Waals surface area contributed by atoms with Crippen LogP contribution in [0.2, 0.25) is 0 Å². The standard InChI is InChI=1S/C25H25N5O3/c1-3-32-21-15-18-12-14-29(25(31)30-20-11-8-13-26-24(20)27-28-30)23(17-9-6-5-7-10-17)19(18)16-22(21)33-4-2/h5-11,13,15-16,23H,3-4,12,14H2,1-2H3. The summed E-state index contributed by atoms with van der Waals surface area (Å²) in [6, 6.07) is 17.1. The molecule has 2 aromatic heterocycles. The first kappa shape index (κ1) is 20.9. The van der Waals surface area contributed by atoms with Crippen molar-refractivity contribution in [3.05, 3.63) is 77.5 Å². The molecule has 8 nitrogen and oxygen atoms in total. The number of hydrogen-bond acceptors (Lipinski definition) is 6. The van der Waals surface area contributed by atoms with Gasteiger partial charge in [-0.1, -0.05) is 35.5 Å². The molecule has 5 rings (SSSR count). The predicted molar refractivity (Wildman–Crippen MR) is 124 cm³/mol. The maximum atomic E-state index is 13.8. The summed E-state index contributed by atoms with van der Waals surface area (Å²) in [5.74, 6) is 1.42. The minimum atomic E-state index is -0.298. The van der Waals surface area contributed by atoms with E-state index < -0.39 is 0 Å². The second-order valence-corrected chi connectivity index (χ2v) is 7.75. The zero-order valence-corrected chi connectivity index (χ0v) is 18.6. The molecule has 0 radical (unpaired) electrons. The Bertz CT molecular complexity index is 1290. The average molecular weight is 444 g/mol. The summed E-state index contributed by atoms with van der Waals surface area (Å²) in [6.45, 7) is 5.52. The Morgan fingerprint density at radius 2 is 1.79 bits per heavy atom. The van der Waals surface area contributed by atoms with Crippen LogP contribution in [0.3, 0.4) is 0 Å². The fourth-order valence-electron chi connectivity index (χ4n) is 4.39. The number of aromatic nitrogens is 4. The van der Waals surface area contributed by atoms with Crippen LogP contribution in [0.1, 0.15) is 36.6 Å². The third kappa shape index (κ3) is 3.77. The van der Waals surface area contributed by atoms with Gasteiger partial charge in [0.1, 0.15) is 5.52 Å². The van der Waals surface area contributed by atoms with Gasteiger partial charge in [-0.25, -0.2) is 9.78 Å². The quantitative estimate of drug-likeness (QED) is 0.459. The number of rotatable bonds is 5. The Labute approximate surface area is 191 Å². The molecule has 1 unspecified atom stereocenters. The van der Waals surface area contributed by atoms with E-state index in [1.54, 1.807) is 18.3 Å². The highest BCUT2D eigenvalue weighted by atomic mass is 16.5. The first-order valence-electron chi connectivity index (χ1n) is 11.2. The van der Waals surface area contributed by atoms with E-state index in [9.17, 15) is 4.79 Å². The van der Waals surface area contributed by atoms with Crippen molar-refractivity contribution >= 4 is 17.2 Å². The summed E-state index contributed by atoms with van der Waals surface area (Å²) in [7, 11) is 0. The van der Waals surface area contributed by atoms with E-state index in [2.05, 4.69) is 21.4 Å². The highest BCUT2D eigenvalue weighted by Crippen LogP contribution is 2.41. The third-order valence-electron chi connectivity index (χ3n) is 5.80. The Kier molecular flexibility index (Phi) is 5.64. The molecule has 0 saturated heterocycles. The fourth-order valence-corrected chi connectivity index (χ4v) is 4.39. The monoisotopic (exact) mass is 443 g/mol. The van der Waals surface area contributed by atoms with Crippen molar-refractivity contribution < 1.29 is 14.3 Å². The summed E-state index contributed by atoms with van der Waals surface area (Å²) in [6.07, 6.45) is 2.34. The van der Waals surface area contributed by atoms with Crippen molar-refractivity contribution in [2.24, 2.45) is 0 Å². The minimum Gasteiger partial charge on any atom is -0.490 e. The lowest BCUT2D eigenvalue weighted by molar-refractivity contribution is 0.178. The molecule has 0 bridgehead atoms. The maximum Gasteiger partial charge on any atom is 0.347 e. The van der Waals surface area contributed by atoms with E-state index >= 15 is 0 Å². The molecule has 3 heterocycles. The number of nitrogens with zero attached hydrogens (tertiary/aromatic N) is 5. The van der Waals surface area contributed by atoms with Gasteiger partial charge in [-0.3, -0.25) is 0 Å².